The van der Waals surface area contributed by atoms with Gasteiger partial charge in [0.25, 0.3) is 0 Å². The summed E-state index contributed by atoms with van der Waals surface area (Å²) in [5, 5.41) is 13.4. The number of rotatable bonds is 6. The van der Waals surface area contributed by atoms with Gasteiger partial charge in [0.2, 0.25) is 0 Å². The van der Waals surface area contributed by atoms with Gasteiger partial charge in [0.1, 0.15) is 5.75 Å². The normalized spacial score (nSPS) is 9.17. The smallest absolute Gasteiger partial charge is 0.120 e. The van der Waals surface area contributed by atoms with Crippen molar-refractivity contribution in [1.29, 1.82) is 5.41 Å². The van der Waals surface area contributed by atoms with Crippen LogP contribution in [0, 0.1) is 5.41 Å². The molecule has 0 saturated carbocycles. The number of ether oxygens (including phenoxy) is 1. The SMILES string of the molecule is C=C(NC)c1cccc(Nc2cccc(OC)c2)c1.N=CCBr. The van der Waals surface area contributed by atoms with E-state index >= 15 is 0 Å². The van der Waals surface area contributed by atoms with Gasteiger partial charge in [0.05, 0.1) is 7.11 Å². The zero-order valence-corrected chi connectivity index (χ0v) is 15.0. The lowest BCUT2D eigenvalue weighted by molar-refractivity contribution is 0.415. The van der Waals surface area contributed by atoms with Gasteiger partial charge in [-0.1, -0.05) is 40.7 Å². The first kappa shape index (κ1) is 18.8. The monoisotopic (exact) mass is 375 g/mol. The average Bonchev–Trinajstić information content (AvgIpc) is 2.61. The quantitative estimate of drug-likeness (QED) is 0.508. The summed E-state index contributed by atoms with van der Waals surface area (Å²) < 4.78 is 5.21. The number of hydrogen-bond acceptors (Lipinski definition) is 4. The van der Waals surface area contributed by atoms with Gasteiger partial charge in [-0.05, 0) is 29.8 Å². The van der Waals surface area contributed by atoms with Gasteiger partial charge in [-0.15, -0.1) is 0 Å². The minimum absolute atomic E-state index is 0.674. The Morgan fingerprint density at radius 3 is 2.39 bits per heavy atom. The third-order valence-corrected chi connectivity index (χ3v) is 3.27. The molecule has 0 unspecified atom stereocenters. The number of alkyl halides is 1. The Morgan fingerprint density at radius 2 is 1.83 bits per heavy atom. The summed E-state index contributed by atoms with van der Waals surface area (Å²) in [6, 6.07) is 15.9. The first-order valence-electron chi connectivity index (χ1n) is 7.07. The first-order chi connectivity index (χ1) is 11.1. The van der Waals surface area contributed by atoms with Crippen LogP contribution in [-0.4, -0.2) is 25.7 Å². The van der Waals surface area contributed by atoms with Gasteiger partial charge in [-0.3, -0.25) is 0 Å². The number of methoxy groups -OCH3 is 1. The van der Waals surface area contributed by atoms with Crippen molar-refractivity contribution in [3.05, 3.63) is 60.7 Å². The number of anilines is 2. The van der Waals surface area contributed by atoms with Crippen molar-refractivity contribution >= 4 is 39.2 Å². The predicted molar refractivity (Wildman–Crippen MR) is 103 cm³/mol. The number of halogens is 1. The van der Waals surface area contributed by atoms with E-state index in [1.54, 1.807) is 7.11 Å². The van der Waals surface area contributed by atoms with Crippen LogP contribution in [0.15, 0.2) is 55.1 Å². The largest absolute Gasteiger partial charge is 0.497 e. The van der Waals surface area contributed by atoms with E-state index in [0.29, 0.717) is 5.33 Å². The van der Waals surface area contributed by atoms with Crippen LogP contribution in [0.25, 0.3) is 5.70 Å². The van der Waals surface area contributed by atoms with E-state index in [2.05, 4.69) is 39.2 Å². The Bertz CT molecular complexity index is 644. The Labute approximate surface area is 146 Å². The molecule has 2 aromatic rings. The van der Waals surface area contributed by atoms with Gasteiger partial charge in [0, 0.05) is 41.7 Å². The van der Waals surface area contributed by atoms with E-state index in [1.807, 2.05) is 49.5 Å². The number of hydrogen-bond donors (Lipinski definition) is 3. The van der Waals surface area contributed by atoms with Crippen LogP contribution in [0.5, 0.6) is 5.75 Å². The molecule has 0 heterocycles. The standard InChI is InChI=1S/C16H18N2O.C2H4BrN/c1-12(17-2)13-6-4-7-14(10-13)18-15-8-5-9-16(11-15)19-3;3-1-2-4/h4-11,17-18H,1H2,2-3H3;2,4H,1H2. The van der Waals surface area contributed by atoms with Crippen LogP contribution in [0.2, 0.25) is 0 Å². The molecule has 3 N–H and O–H groups in total. The van der Waals surface area contributed by atoms with Crippen molar-refractivity contribution in [3.8, 4) is 5.75 Å². The summed E-state index contributed by atoms with van der Waals surface area (Å²) in [6.45, 7) is 3.96. The van der Waals surface area contributed by atoms with Crippen molar-refractivity contribution in [3.63, 3.8) is 0 Å². The molecule has 4 nitrogen and oxygen atoms in total. The summed E-state index contributed by atoms with van der Waals surface area (Å²) in [5.74, 6) is 0.834. The van der Waals surface area contributed by atoms with Crippen molar-refractivity contribution in [2.24, 2.45) is 0 Å². The molecule has 0 aromatic heterocycles. The molecule has 0 aliphatic carbocycles. The summed E-state index contributed by atoms with van der Waals surface area (Å²) in [4.78, 5) is 0. The van der Waals surface area contributed by atoms with Crippen molar-refractivity contribution in [2.45, 2.75) is 0 Å². The van der Waals surface area contributed by atoms with Gasteiger partial charge in [0.15, 0.2) is 0 Å². The summed E-state index contributed by atoms with van der Waals surface area (Å²) in [6.07, 6.45) is 1.29. The van der Waals surface area contributed by atoms with Gasteiger partial charge < -0.3 is 20.8 Å². The van der Waals surface area contributed by atoms with E-state index in [-0.39, 0.29) is 0 Å². The minimum atomic E-state index is 0.674. The third kappa shape index (κ3) is 6.57. The second-order valence-corrected chi connectivity index (χ2v) is 5.17. The molecule has 0 saturated heterocycles. The molecule has 0 amide bonds. The first-order valence-corrected chi connectivity index (χ1v) is 8.19. The lowest BCUT2D eigenvalue weighted by Gasteiger charge is -2.10. The highest BCUT2D eigenvalue weighted by atomic mass is 79.9. The zero-order valence-electron chi connectivity index (χ0n) is 13.4. The molecule has 0 spiro atoms. The van der Waals surface area contributed by atoms with Crippen LogP contribution >= 0.6 is 15.9 Å². The molecule has 0 aliphatic heterocycles. The van der Waals surface area contributed by atoms with Crippen LogP contribution in [0.3, 0.4) is 0 Å². The molecule has 2 aromatic carbocycles. The number of nitrogens with one attached hydrogen (secondary N) is 3. The molecule has 0 atom stereocenters. The molecule has 0 radical (unpaired) electrons. The molecule has 0 bridgehead atoms. The van der Waals surface area contributed by atoms with E-state index in [4.69, 9.17) is 10.1 Å². The van der Waals surface area contributed by atoms with Crippen molar-refractivity contribution in [1.82, 2.24) is 5.32 Å². The van der Waals surface area contributed by atoms with Gasteiger partial charge >= 0.3 is 0 Å². The lowest BCUT2D eigenvalue weighted by Crippen LogP contribution is -2.03. The van der Waals surface area contributed by atoms with Crippen molar-refractivity contribution in [2.75, 3.05) is 24.8 Å². The van der Waals surface area contributed by atoms with Crippen LogP contribution in [0.1, 0.15) is 5.56 Å². The fourth-order valence-electron chi connectivity index (χ4n) is 1.80. The van der Waals surface area contributed by atoms with E-state index in [1.165, 1.54) is 6.21 Å². The van der Waals surface area contributed by atoms with Crippen LogP contribution < -0.4 is 15.4 Å². The molecule has 0 aliphatic rings. The Balaban J connectivity index is 0.000000593. The lowest BCUT2D eigenvalue weighted by atomic mass is 10.1. The van der Waals surface area contributed by atoms with Crippen LogP contribution in [0.4, 0.5) is 11.4 Å². The second kappa shape index (κ2) is 10.5. The highest BCUT2D eigenvalue weighted by molar-refractivity contribution is 9.09. The third-order valence-electron chi connectivity index (χ3n) is 2.95. The summed E-state index contributed by atoms with van der Waals surface area (Å²) in [7, 11) is 3.53. The molecule has 0 fully saturated rings. The Hall–Kier alpha value is -2.27. The predicted octanol–water partition coefficient (Wildman–Crippen LogP) is 4.66. The summed E-state index contributed by atoms with van der Waals surface area (Å²) >= 11 is 3.01. The van der Waals surface area contributed by atoms with Crippen LogP contribution in [-0.2, 0) is 0 Å². The maximum absolute atomic E-state index is 6.28. The Kier molecular flexibility index (Phi) is 8.54. The fraction of sp³-hybridized carbons (Fsp3) is 0.167. The van der Waals surface area contributed by atoms with Gasteiger partial charge in [-0.25, -0.2) is 0 Å². The molecule has 23 heavy (non-hydrogen) atoms. The van der Waals surface area contributed by atoms with Gasteiger partial charge in [-0.2, -0.15) is 0 Å². The fourth-order valence-corrected chi connectivity index (χ4v) is 1.80. The molecular weight excluding hydrogens is 354 g/mol. The molecule has 2 rings (SSSR count). The maximum atomic E-state index is 6.28. The van der Waals surface area contributed by atoms with Crippen molar-refractivity contribution < 1.29 is 4.74 Å². The minimum Gasteiger partial charge on any atom is -0.497 e. The molecular formula is C18H22BrN3O. The van der Waals surface area contributed by atoms with E-state index in [0.717, 1.165) is 28.4 Å². The molecule has 122 valence electrons. The second-order valence-electron chi connectivity index (χ2n) is 4.52. The highest BCUT2D eigenvalue weighted by Gasteiger charge is 2.00. The highest BCUT2D eigenvalue weighted by Crippen LogP contribution is 2.23. The summed E-state index contributed by atoms with van der Waals surface area (Å²) in [5.41, 5.74) is 3.97. The Morgan fingerprint density at radius 1 is 1.22 bits per heavy atom. The number of benzene rings is 2. The average molecular weight is 376 g/mol. The van der Waals surface area contributed by atoms with E-state index in [9.17, 15) is 0 Å². The zero-order chi connectivity index (χ0) is 17.1. The maximum Gasteiger partial charge on any atom is 0.120 e. The van der Waals surface area contributed by atoms with E-state index < -0.39 is 0 Å². The molecule has 5 heteroatoms. The topological polar surface area (TPSA) is 57.1 Å².